The zero-order valence-electron chi connectivity index (χ0n) is 15.9. The van der Waals surface area contributed by atoms with E-state index in [1.807, 2.05) is 85.1 Å². The summed E-state index contributed by atoms with van der Waals surface area (Å²) in [6.07, 6.45) is 0. The Bertz CT molecular complexity index is 1090. The molecule has 1 N–H and O–H groups in total. The highest BCUT2D eigenvalue weighted by atomic mass is 35.5. The van der Waals surface area contributed by atoms with Gasteiger partial charge in [0.05, 0.1) is 23.8 Å². The second kappa shape index (κ2) is 8.64. The minimum Gasteiger partial charge on any atom is -0.340 e. The smallest absolute Gasteiger partial charge is 0.257 e. The van der Waals surface area contributed by atoms with E-state index in [-0.39, 0.29) is 11.9 Å². The van der Waals surface area contributed by atoms with Gasteiger partial charge in [-0.05, 0) is 29.5 Å². The van der Waals surface area contributed by atoms with Crippen LogP contribution >= 0.6 is 22.9 Å². The van der Waals surface area contributed by atoms with Gasteiger partial charge < -0.3 is 5.32 Å². The maximum Gasteiger partial charge on any atom is 0.257 e. The Morgan fingerprint density at radius 2 is 1.76 bits per heavy atom. The lowest BCUT2D eigenvalue weighted by Gasteiger charge is -2.18. The highest BCUT2D eigenvalue weighted by Gasteiger charge is 2.24. The van der Waals surface area contributed by atoms with Gasteiger partial charge in [-0.2, -0.15) is 5.10 Å². The predicted molar refractivity (Wildman–Crippen MR) is 118 cm³/mol. The third-order valence-corrected chi connectivity index (χ3v) is 6.02. The lowest BCUT2D eigenvalue weighted by Crippen LogP contribution is -2.29. The van der Waals surface area contributed by atoms with E-state index in [1.54, 1.807) is 16.0 Å². The van der Waals surface area contributed by atoms with E-state index < -0.39 is 0 Å². The Labute approximate surface area is 178 Å². The number of carbonyl (C=O) groups excluding carboxylic acids is 1. The van der Waals surface area contributed by atoms with Crippen LogP contribution in [0.3, 0.4) is 0 Å². The van der Waals surface area contributed by atoms with Gasteiger partial charge in [-0.15, -0.1) is 11.3 Å². The number of aryl methyl sites for hydroxylation is 1. The summed E-state index contributed by atoms with van der Waals surface area (Å²) >= 11 is 8.18. The van der Waals surface area contributed by atoms with Crippen molar-refractivity contribution in [2.45, 2.75) is 19.5 Å². The molecule has 4 nitrogen and oxygen atoms in total. The van der Waals surface area contributed by atoms with Gasteiger partial charge in [0.2, 0.25) is 0 Å². The minimum absolute atomic E-state index is 0.228. The molecule has 0 radical (unpaired) electrons. The van der Waals surface area contributed by atoms with Gasteiger partial charge in [-0.3, -0.25) is 4.79 Å². The number of amides is 1. The van der Waals surface area contributed by atoms with Crippen molar-refractivity contribution in [1.82, 2.24) is 15.1 Å². The number of thiophene rings is 1. The molecule has 1 atom stereocenters. The van der Waals surface area contributed by atoms with Crippen molar-refractivity contribution in [1.29, 1.82) is 0 Å². The Balaban J connectivity index is 1.62. The monoisotopic (exact) mass is 421 g/mol. The molecule has 146 valence electrons. The number of rotatable bonds is 6. The number of hydrogen-bond acceptors (Lipinski definition) is 3. The molecule has 0 saturated carbocycles. The molecule has 29 heavy (non-hydrogen) atoms. The van der Waals surface area contributed by atoms with Gasteiger partial charge in [0.25, 0.3) is 5.91 Å². The summed E-state index contributed by atoms with van der Waals surface area (Å²) in [7, 11) is 0. The topological polar surface area (TPSA) is 46.9 Å². The fourth-order valence-electron chi connectivity index (χ4n) is 3.30. The van der Waals surface area contributed by atoms with E-state index in [4.69, 9.17) is 11.6 Å². The zero-order valence-corrected chi connectivity index (χ0v) is 17.5. The first-order chi connectivity index (χ1) is 14.1. The van der Waals surface area contributed by atoms with Crippen LogP contribution in [0.2, 0.25) is 5.15 Å². The molecule has 6 heteroatoms. The van der Waals surface area contributed by atoms with E-state index in [9.17, 15) is 4.79 Å². The maximum atomic E-state index is 13.2. The van der Waals surface area contributed by atoms with Crippen LogP contribution in [0.15, 0.2) is 78.2 Å². The Hall–Kier alpha value is -2.89. The zero-order chi connectivity index (χ0) is 20.2. The quantitative estimate of drug-likeness (QED) is 0.448. The van der Waals surface area contributed by atoms with Crippen molar-refractivity contribution in [2.75, 3.05) is 0 Å². The molecule has 2 aromatic carbocycles. The molecule has 0 saturated heterocycles. The first-order valence-corrected chi connectivity index (χ1v) is 10.6. The first-order valence-electron chi connectivity index (χ1n) is 9.29. The second-order valence-electron chi connectivity index (χ2n) is 6.73. The molecule has 1 amide bonds. The molecule has 2 heterocycles. The predicted octanol–water partition coefficient (Wildman–Crippen LogP) is 5.47. The lowest BCUT2D eigenvalue weighted by atomic mass is 10.0. The summed E-state index contributed by atoms with van der Waals surface area (Å²) in [6.45, 7) is 2.33. The van der Waals surface area contributed by atoms with Crippen LogP contribution in [0.4, 0.5) is 0 Å². The third kappa shape index (κ3) is 4.26. The molecule has 0 fully saturated rings. The van der Waals surface area contributed by atoms with Crippen LogP contribution in [0.25, 0.3) is 0 Å². The van der Waals surface area contributed by atoms with Crippen molar-refractivity contribution in [3.05, 3.63) is 111 Å². The summed E-state index contributed by atoms with van der Waals surface area (Å²) in [4.78, 5) is 14.3. The van der Waals surface area contributed by atoms with Gasteiger partial charge >= 0.3 is 0 Å². The van der Waals surface area contributed by atoms with Gasteiger partial charge in [0.1, 0.15) is 5.15 Å². The number of hydrogen-bond donors (Lipinski definition) is 1. The van der Waals surface area contributed by atoms with E-state index in [1.165, 1.54) is 0 Å². The molecule has 0 aliphatic heterocycles. The molecule has 0 aliphatic carbocycles. The number of nitrogens with one attached hydrogen (secondary N) is 1. The summed E-state index contributed by atoms with van der Waals surface area (Å²) in [6, 6.07) is 23.6. The van der Waals surface area contributed by atoms with Crippen LogP contribution in [0, 0.1) is 6.92 Å². The van der Waals surface area contributed by atoms with E-state index in [2.05, 4.69) is 10.4 Å². The molecule has 2 aromatic heterocycles. The van der Waals surface area contributed by atoms with Crippen LogP contribution in [0.1, 0.15) is 38.1 Å². The third-order valence-electron chi connectivity index (χ3n) is 4.70. The van der Waals surface area contributed by atoms with Gasteiger partial charge in [-0.25, -0.2) is 4.68 Å². The normalized spacial score (nSPS) is 11.9. The standard InChI is InChI=1S/C23H20ClN3OS/c1-16-20(22(24)27(26-16)15-17-9-4-2-5-10-17)23(28)25-21(19-13-8-14-29-19)18-11-6-3-7-12-18/h2-14,21H,15H2,1H3,(H,25,28)/t21-/m0/s1. The van der Waals surface area contributed by atoms with Crippen molar-refractivity contribution in [3.63, 3.8) is 0 Å². The molecule has 4 aromatic rings. The van der Waals surface area contributed by atoms with Gasteiger partial charge in [-0.1, -0.05) is 78.3 Å². The van der Waals surface area contributed by atoms with E-state index in [0.717, 1.165) is 16.0 Å². The Kier molecular flexibility index (Phi) is 5.79. The molecule has 0 unspecified atom stereocenters. The minimum atomic E-state index is -0.239. The molecule has 0 bridgehead atoms. The second-order valence-corrected chi connectivity index (χ2v) is 8.06. The number of aromatic nitrogens is 2. The summed E-state index contributed by atoms with van der Waals surface area (Å²) < 4.78 is 1.67. The maximum absolute atomic E-state index is 13.2. The molecular formula is C23H20ClN3OS. The summed E-state index contributed by atoms with van der Waals surface area (Å²) in [5.41, 5.74) is 3.12. The largest absolute Gasteiger partial charge is 0.340 e. The summed E-state index contributed by atoms with van der Waals surface area (Å²) in [5, 5.41) is 10.00. The van der Waals surface area contributed by atoms with Crippen LogP contribution in [-0.4, -0.2) is 15.7 Å². The fourth-order valence-corrected chi connectivity index (χ4v) is 4.42. The van der Waals surface area contributed by atoms with Crippen molar-refractivity contribution < 1.29 is 4.79 Å². The van der Waals surface area contributed by atoms with Crippen LogP contribution < -0.4 is 5.32 Å². The first kappa shape index (κ1) is 19.4. The van der Waals surface area contributed by atoms with Crippen LogP contribution in [-0.2, 0) is 6.54 Å². The average Bonchev–Trinajstić information content (AvgIpc) is 3.36. The fraction of sp³-hybridized carbons (Fsp3) is 0.130. The lowest BCUT2D eigenvalue weighted by molar-refractivity contribution is 0.0943. The van der Waals surface area contributed by atoms with Crippen molar-refractivity contribution in [2.24, 2.45) is 0 Å². The van der Waals surface area contributed by atoms with Gasteiger partial charge in [0, 0.05) is 4.88 Å². The van der Waals surface area contributed by atoms with E-state index in [0.29, 0.717) is 23.0 Å². The van der Waals surface area contributed by atoms with Crippen LogP contribution in [0.5, 0.6) is 0 Å². The average molecular weight is 422 g/mol. The summed E-state index contributed by atoms with van der Waals surface area (Å²) in [5.74, 6) is -0.228. The number of nitrogens with zero attached hydrogens (tertiary/aromatic N) is 2. The Morgan fingerprint density at radius 3 is 2.41 bits per heavy atom. The van der Waals surface area contributed by atoms with Gasteiger partial charge in [0.15, 0.2) is 0 Å². The SMILES string of the molecule is Cc1nn(Cc2ccccc2)c(Cl)c1C(=O)N[C@@H](c1ccccc1)c1cccs1. The molecule has 0 spiro atoms. The van der Waals surface area contributed by atoms with Crippen molar-refractivity contribution >= 4 is 28.8 Å². The van der Waals surface area contributed by atoms with Crippen molar-refractivity contribution in [3.8, 4) is 0 Å². The van der Waals surface area contributed by atoms with E-state index >= 15 is 0 Å². The Morgan fingerprint density at radius 1 is 1.07 bits per heavy atom. The molecule has 4 rings (SSSR count). The number of halogens is 1. The highest BCUT2D eigenvalue weighted by Crippen LogP contribution is 2.28. The highest BCUT2D eigenvalue weighted by molar-refractivity contribution is 7.10. The molecular weight excluding hydrogens is 402 g/mol. The number of carbonyl (C=O) groups is 1. The molecule has 0 aliphatic rings. The number of benzene rings is 2.